The summed E-state index contributed by atoms with van der Waals surface area (Å²) < 4.78 is 0. The van der Waals surface area contributed by atoms with Gasteiger partial charge in [-0.3, -0.25) is 0 Å². The van der Waals surface area contributed by atoms with E-state index in [1.54, 1.807) is 4.90 Å². The summed E-state index contributed by atoms with van der Waals surface area (Å²) in [7, 11) is 0. The Labute approximate surface area is 160 Å². The molecule has 1 aliphatic carbocycles. The average molecular weight is 359 g/mol. The Kier molecular flexibility index (Phi) is 6.29. The summed E-state index contributed by atoms with van der Waals surface area (Å²) in [6, 6.07) is 13.0. The first-order chi connectivity index (χ1) is 12.8. The molecular weight excluding hydrogens is 318 g/mol. The van der Waals surface area contributed by atoms with Crippen LogP contribution in [0.15, 0.2) is 30.3 Å². The minimum Gasteiger partial charge on any atom is -0.331 e. The second-order valence-corrected chi connectivity index (χ2v) is 9.47. The molecule has 2 saturated heterocycles. The highest BCUT2D eigenvalue weighted by molar-refractivity contribution is 5.13. The number of piperidine rings is 1. The van der Waals surface area contributed by atoms with Crippen molar-refractivity contribution in [1.29, 1.82) is 0 Å². The van der Waals surface area contributed by atoms with E-state index in [0.717, 1.165) is 18.0 Å². The zero-order chi connectivity index (χ0) is 17.8. The van der Waals surface area contributed by atoms with E-state index in [0.29, 0.717) is 0 Å². The van der Waals surface area contributed by atoms with Crippen LogP contribution in [0.3, 0.4) is 0 Å². The van der Waals surface area contributed by atoms with E-state index in [2.05, 4.69) is 37.3 Å². The molecule has 3 fully saturated rings. The van der Waals surface area contributed by atoms with Crippen LogP contribution in [0.25, 0.3) is 0 Å². The number of hydrogen-bond donors (Lipinski definition) is 3. The summed E-state index contributed by atoms with van der Waals surface area (Å²) in [5, 5.41) is 0. The fourth-order valence-electron chi connectivity index (χ4n) is 6.01. The lowest BCUT2D eigenvalue weighted by Gasteiger charge is -2.41. The molecule has 26 heavy (non-hydrogen) atoms. The molecule has 2 aliphatic heterocycles. The predicted octanol–water partition coefficient (Wildman–Crippen LogP) is -0.404. The van der Waals surface area contributed by atoms with Gasteiger partial charge in [-0.1, -0.05) is 43.7 Å². The first-order valence-electron chi connectivity index (χ1n) is 11.3. The number of nitrogens with one attached hydrogen (secondary N) is 3. The molecule has 0 amide bonds. The Morgan fingerprint density at radius 1 is 0.769 bits per heavy atom. The molecule has 1 saturated carbocycles. The van der Waals surface area contributed by atoms with Crippen molar-refractivity contribution in [2.24, 2.45) is 5.92 Å². The van der Waals surface area contributed by atoms with E-state index in [-0.39, 0.29) is 0 Å². The van der Waals surface area contributed by atoms with Crippen LogP contribution in [-0.4, -0.2) is 51.4 Å². The first-order valence-corrected chi connectivity index (χ1v) is 11.3. The minimum atomic E-state index is 0.946. The van der Waals surface area contributed by atoms with Crippen molar-refractivity contribution in [1.82, 2.24) is 0 Å². The Balaban J connectivity index is 1.20. The number of quaternary nitrogens is 3. The smallest absolute Gasteiger partial charge is 0.127 e. The Morgan fingerprint density at radius 2 is 1.42 bits per heavy atom. The van der Waals surface area contributed by atoms with Gasteiger partial charge in [0.15, 0.2) is 0 Å². The highest BCUT2D eigenvalue weighted by Crippen LogP contribution is 2.21. The summed E-state index contributed by atoms with van der Waals surface area (Å²) in [5.74, 6) is 0.976. The molecule has 1 aromatic rings. The standard InChI is InChI=1S/C23H37N3/c1-20-6-5-9-23(18-20)26-16-14-25(15-17-26)22-10-12-24(13-11-22)19-21-7-3-2-4-8-21/h2-4,7-8,20,22-23H,5-6,9-19H2,1H3/p+3/t20-,23+/m0/s1. The van der Waals surface area contributed by atoms with Crippen LogP contribution in [-0.2, 0) is 6.54 Å². The Hall–Kier alpha value is -0.900. The van der Waals surface area contributed by atoms with Crippen LogP contribution in [0.2, 0.25) is 0 Å². The van der Waals surface area contributed by atoms with Gasteiger partial charge in [-0.2, -0.15) is 0 Å². The monoisotopic (exact) mass is 358 g/mol. The van der Waals surface area contributed by atoms with E-state index >= 15 is 0 Å². The highest BCUT2D eigenvalue weighted by atomic mass is 15.3. The summed E-state index contributed by atoms with van der Waals surface area (Å²) in [5.41, 5.74) is 1.51. The summed E-state index contributed by atoms with van der Waals surface area (Å²) >= 11 is 0. The van der Waals surface area contributed by atoms with Crippen LogP contribution < -0.4 is 14.7 Å². The van der Waals surface area contributed by atoms with Crippen molar-refractivity contribution in [3.63, 3.8) is 0 Å². The number of hydrogen-bond acceptors (Lipinski definition) is 0. The predicted molar refractivity (Wildman–Crippen MR) is 107 cm³/mol. The van der Waals surface area contributed by atoms with Crippen LogP contribution in [0.1, 0.15) is 51.0 Å². The normalized spacial score (nSPS) is 38.8. The molecule has 0 unspecified atom stereocenters. The van der Waals surface area contributed by atoms with Gasteiger partial charge in [-0.15, -0.1) is 0 Å². The van der Waals surface area contributed by atoms with Gasteiger partial charge in [0.05, 0.1) is 25.2 Å². The fourth-order valence-corrected chi connectivity index (χ4v) is 6.01. The summed E-state index contributed by atoms with van der Waals surface area (Å²) in [6.45, 7) is 12.2. The Bertz CT molecular complexity index is 530. The lowest BCUT2D eigenvalue weighted by molar-refractivity contribution is -1.04. The number of likely N-dealkylation sites (tertiary alicyclic amines) is 1. The molecule has 2 heterocycles. The van der Waals surface area contributed by atoms with E-state index in [1.807, 2.05) is 9.80 Å². The van der Waals surface area contributed by atoms with E-state index in [9.17, 15) is 0 Å². The van der Waals surface area contributed by atoms with Gasteiger partial charge < -0.3 is 14.7 Å². The van der Waals surface area contributed by atoms with Gasteiger partial charge in [-0.25, -0.2) is 0 Å². The molecule has 0 spiro atoms. The molecule has 0 radical (unpaired) electrons. The quantitative estimate of drug-likeness (QED) is 0.648. The zero-order valence-corrected chi connectivity index (χ0v) is 16.8. The molecule has 3 nitrogen and oxygen atoms in total. The second-order valence-electron chi connectivity index (χ2n) is 9.47. The number of rotatable bonds is 4. The van der Waals surface area contributed by atoms with Crippen LogP contribution in [0, 0.1) is 5.92 Å². The maximum Gasteiger partial charge on any atom is 0.127 e. The van der Waals surface area contributed by atoms with Gasteiger partial charge in [0.2, 0.25) is 0 Å². The van der Waals surface area contributed by atoms with Crippen molar-refractivity contribution < 1.29 is 14.7 Å². The molecule has 4 rings (SSSR count). The molecule has 144 valence electrons. The first kappa shape index (κ1) is 18.5. The molecule has 3 N–H and O–H groups in total. The largest absolute Gasteiger partial charge is 0.331 e. The van der Waals surface area contributed by atoms with Crippen molar-refractivity contribution in [2.75, 3.05) is 39.3 Å². The fraction of sp³-hybridized carbons (Fsp3) is 0.739. The molecular formula is C23H40N3+3. The van der Waals surface area contributed by atoms with Crippen LogP contribution in [0.4, 0.5) is 0 Å². The zero-order valence-electron chi connectivity index (χ0n) is 16.8. The third-order valence-electron chi connectivity index (χ3n) is 7.62. The summed E-state index contributed by atoms with van der Waals surface area (Å²) in [4.78, 5) is 5.69. The van der Waals surface area contributed by atoms with Crippen molar-refractivity contribution >= 4 is 0 Å². The second kappa shape index (κ2) is 8.86. The molecule has 3 heteroatoms. The maximum atomic E-state index is 2.47. The van der Waals surface area contributed by atoms with Gasteiger partial charge in [-0.05, 0) is 18.8 Å². The van der Waals surface area contributed by atoms with E-state index in [4.69, 9.17) is 0 Å². The number of benzene rings is 1. The van der Waals surface area contributed by atoms with Crippen molar-refractivity contribution in [3.8, 4) is 0 Å². The molecule has 1 aromatic carbocycles. The SMILES string of the molecule is C[C@H]1CCC[C@@H]([NH+]2CC[NH+](C3CC[NH+](Cc4ccccc4)CC3)CC2)C1. The summed E-state index contributed by atoms with van der Waals surface area (Å²) in [6.07, 6.45) is 8.82. The van der Waals surface area contributed by atoms with E-state index in [1.165, 1.54) is 89.9 Å². The van der Waals surface area contributed by atoms with E-state index < -0.39 is 0 Å². The van der Waals surface area contributed by atoms with Gasteiger partial charge >= 0.3 is 0 Å². The highest BCUT2D eigenvalue weighted by Gasteiger charge is 2.36. The lowest BCUT2D eigenvalue weighted by atomic mass is 9.86. The topological polar surface area (TPSA) is 13.3 Å². The van der Waals surface area contributed by atoms with Gasteiger partial charge in [0.25, 0.3) is 0 Å². The third-order valence-corrected chi connectivity index (χ3v) is 7.62. The maximum absolute atomic E-state index is 2.47. The molecule has 0 bridgehead atoms. The average Bonchev–Trinajstić information content (AvgIpc) is 2.70. The molecule has 2 atom stereocenters. The van der Waals surface area contributed by atoms with Crippen molar-refractivity contribution in [3.05, 3.63) is 35.9 Å². The lowest BCUT2D eigenvalue weighted by Crippen LogP contribution is -3.31. The third kappa shape index (κ3) is 4.68. The van der Waals surface area contributed by atoms with Crippen LogP contribution in [0.5, 0.6) is 0 Å². The van der Waals surface area contributed by atoms with Crippen LogP contribution >= 0.6 is 0 Å². The molecule has 0 aromatic heterocycles. The van der Waals surface area contributed by atoms with Gasteiger partial charge in [0.1, 0.15) is 32.7 Å². The molecule has 3 aliphatic rings. The minimum absolute atomic E-state index is 0.946. The van der Waals surface area contributed by atoms with Gasteiger partial charge in [0, 0.05) is 24.8 Å². The number of piperazine rings is 1. The van der Waals surface area contributed by atoms with Crippen molar-refractivity contribution in [2.45, 2.75) is 64.1 Å². The Morgan fingerprint density at radius 3 is 2.08 bits per heavy atom.